The molecule has 102 valence electrons. The van der Waals surface area contributed by atoms with Gasteiger partial charge in [-0.05, 0) is 27.8 Å². The number of ether oxygens (including phenoxy) is 1. The highest BCUT2D eigenvalue weighted by atomic mass is 16.5. The van der Waals surface area contributed by atoms with Crippen molar-refractivity contribution in [2.45, 2.75) is 44.8 Å². The van der Waals surface area contributed by atoms with Crippen molar-refractivity contribution in [2.24, 2.45) is 0 Å². The summed E-state index contributed by atoms with van der Waals surface area (Å²) in [7, 11) is 2.07. The first-order valence-corrected chi connectivity index (χ1v) is 6.54. The maximum absolute atomic E-state index is 10.4. The fraction of sp³-hybridized carbons (Fsp3) is 1.00. The summed E-state index contributed by atoms with van der Waals surface area (Å²) in [5, 5.41) is 13.8. The van der Waals surface area contributed by atoms with E-state index in [1.807, 2.05) is 0 Å². The van der Waals surface area contributed by atoms with Crippen LogP contribution in [0.25, 0.3) is 0 Å². The molecule has 0 aromatic carbocycles. The van der Waals surface area contributed by atoms with Crippen LogP contribution in [0.2, 0.25) is 0 Å². The molecule has 17 heavy (non-hydrogen) atoms. The second-order valence-corrected chi connectivity index (χ2v) is 6.25. The second kappa shape index (κ2) is 6.14. The SMILES string of the molecule is CN(CCNC(C)(C)C)CC1(O)CCOCC1. The lowest BCUT2D eigenvalue weighted by molar-refractivity contribution is -0.0767. The first-order chi connectivity index (χ1) is 7.81. The number of hydrogen-bond donors (Lipinski definition) is 2. The van der Waals surface area contributed by atoms with Gasteiger partial charge in [0.15, 0.2) is 0 Å². The van der Waals surface area contributed by atoms with E-state index in [0.717, 1.165) is 32.5 Å². The van der Waals surface area contributed by atoms with E-state index >= 15 is 0 Å². The van der Waals surface area contributed by atoms with Crippen LogP contribution in [0.4, 0.5) is 0 Å². The van der Waals surface area contributed by atoms with Crippen LogP contribution in [-0.4, -0.2) is 61.0 Å². The summed E-state index contributed by atoms with van der Waals surface area (Å²) in [6.07, 6.45) is 1.51. The van der Waals surface area contributed by atoms with Gasteiger partial charge in [-0.3, -0.25) is 0 Å². The number of aliphatic hydroxyl groups is 1. The van der Waals surface area contributed by atoms with Crippen molar-refractivity contribution >= 4 is 0 Å². The zero-order valence-corrected chi connectivity index (χ0v) is 11.8. The van der Waals surface area contributed by atoms with Gasteiger partial charge in [0.2, 0.25) is 0 Å². The summed E-state index contributed by atoms with van der Waals surface area (Å²) in [5.74, 6) is 0. The highest BCUT2D eigenvalue weighted by Crippen LogP contribution is 2.20. The van der Waals surface area contributed by atoms with Crippen molar-refractivity contribution in [1.82, 2.24) is 10.2 Å². The molecular weight excluding hydrogens is 216 g/mol. The first kappa shape index (κ1) is 14.9. The zero-order chi connectivity index (χ0) is 12.9. The Morgan fingerprint density at radius 3 is 2.41 bits per heavy atom. The topological polar surface area (TPSA) is 44.7 Å². The van der Waals surface area contributed by atoms with E-state index in [2.05, 4.69) is 38.0 Å². The van der Waals surface area contributed by atoms with E-state index in [9.17, 15) is 5.11 Å². The summed E-state index contributed by atoms with van der Waals surface area (Å²) in [6, 6.07) is 0. The Morgan fingerprint density at radius 1 is 1.29 bits per heavy atom. The first-order valence-electron chi connectivity index (χ1n) is 6.54. The third-order valence-electron chi connectivity index (χ3n) is 3.14. The quantitative estimate of drug-likeness (QED) is 0.752. The van der Waals surface area contributed by atoms with Crippen LogP contribution in [0.3, 0.4) is 0 Å². The molecule has 1 fully saturated rings. The molecule has 4 heteroatoms. The molecule has 0 bridgehead atoms. The van der Waals surface area contributed by atoms with Crippen LogP contribution in [0.1, 0.15) is 33.6 Å². The molecule has 1 rings (SSSR count). The average Bonchev–Trinajstić information content (AvgIpc) is 2.15. The molecule has 0 aromatic rings. The van der Waals surface area contributed by atoms with E-state index < -0.39 is 5.60 Å². The molecule has 0 aromatic heterocycles. The highest BCUT2D eigenvalue weighted by Gasteiger charge is 2.30. The van der Waals surface area contributed by atoms with Crippen LogP contribution in [0, 0.1) is 0 Å². The standard InChI is InChI=1S/C13H28N2O2/c1-12(2,3)14-7-8-15(4)11-13(16)5-9-17-10-6-13/h14,16H,5-11H2,1-4H3. The monoisotopic (exact) mass is 244 g/mol. The van der Waals surface area contributed by atoms with Gasteiger partial charge in [-0.25, -0.2) is 0 Å². The van der Waals surface area contributed by atoms with Gasteiger partial charge < -0.3 is 20.1 Å². The molecule has 0 saturated carbocycles. The molecule has 0 spiro atoms. The van der Waals surface area contributed by atoms with Crippen molar-refractivity contribution < 1.29 is 9.84 Å². The lowest BCUT2D eigenvalue weighted by Crippen LogP contribution is -2.48. The zero-order valence-electron chi connectivity index (χ0n) is 11.8. The maximum atomic E-state index is 10.4. The fourth-order valence-corrected chi connectivity index (χ4v) is 2.11. The predicted molar refractivity (Wildman–Crippen MR) is 70.3 cm³/mol. The van der Waals surface area contributed by atoms with Gasteiger partial charge in [-0.2, -0.15) is 0 Å². The van der Waals surface area contributed by atoms with Gasteiger partial charge in [0.25, 0.3) is 0 Å². The van der Waals surface area contributed by atoms with Crippen molar-refractivity contribution in [3.8, 4) is 0 Å². The van der Waals surface area contributed by atoms with Gasteiger partial charge in [-0.1, -0.05) is 0 Å². The van der Waals surface area contributed by atoms with Gasteiger partial charge in [-0.15, -0.1) is 0 Å². The molecule has 0 unspecified atom stereocenters. The molecule has 0 amide bonds. The Kier molecular flexibility index (Phi) is 5.38. The van der Waals surface area contributed by atoms with Crippen LogP contribution in [0.5, 0.6) is 0 Å². The Morgan fingerprint density at radius 2 is 1.88 bits per heavy atom. The fourth-order valence-electron chi connectivity index (χ4n) is 2.11. The summed E-state index contributed by atoms with van der Waals surface area (Å²) < 4.78 is 5.28. The normalized spacial score (nSPS) is 20.8. The molecular formula is C13H28N2O2. The Hall–Kier alpha value is -0.160. The number of hydrogen-bond acceptors (Lipinski definition) is 4. The maximum Gasteiger partial charge on any atom is 0.0817 e. The summed E-state index contributed by atoms with van der Waals surface area (Å²) in [4.78, 5) is 2.20. The molecule has 0 radical (unpaired) electrons. The Balaban J connectivity index is 2.21. The van der Waals surface area contributed by atoms with E-state index in [4.69, 9.17) is 4.74 Å². The largest absolute Gasteiger partial charge is 0.388 e. The Labute approximate surface area is 105 Å². The summed E-state index contributed by atoms with van der Waals surface area (Å²) in [6.45, 7) is 10.5. The van der Waals surface area contributed by atoms with Gasteiger partial charge in [0.05, 0.1) is 5.60 Å². The van der Waals surface area contributed by atoms with Crippen LogP contribution in [-0.2, 0) is 4.74 Å². The molecule has 1 aliphatic rings. The third-order valence-corrected chi connectivity index (χ3v) is 3.14. The van der Waals surface area contributed by atoms with Gasteiger partial charge in [0.1, 0.15) is 0 Å². The van der Waals surface area contributed by atoms with Crippen LogP contribution in [0.15, 0.2) is 0 Å². The number of likely N-dealkylation sites (N-methyl/N-ethyl adjacent to an activating group) is 1. The van der Waals surface area contributed by atoms with E-state index in [0.29, 0.717) is 13.2 Å². The van der Waals surface area contributed by atoms with E-state index in [1.165, 1.54) is 0 Å². The Bertz CT molecular complexity index is 220. The van der Waals surface area contributed by atoms with Crippen molar-refractivity contribution in [3.63, 3.8) is 0 Å². The van der Waals surface area contributed by atoms with Crippen molar-refractivity contribution in [1.29, 1.82) is 0 Å². The lowest BCUT2D eigenvalue weighted by Gasteiger charge is -2.35. The van der Waals surface area contributed by atoms with E-state index in [-0.39, 0.29) is 5.54 Å². The molecule has 0 atom stereocenters. The summed E-state index contributed by atoms with van der Waals surface area (Å²) in [5.41, 5.74) is -0.384. The number of nitrogens with one attached hydrogen (secondary N) is 1. The molecule has 2 N–H and O–H groups in total. The van der Waals surface area contributed by atoms with Gasteiger partial charge in [0, 0.05) is 51.2 Å². The lowest BCUT2D eigenvalue weighted by atomic mass is 9.94. The minimum Gasteiger partial charge on any atom is -0.388 e. The smallest absolute Gasteiger partial charge is 0.0817 e. The highest BCUT2D eigenvalue weighted by molar-refractivity contribution is 4.84. The molecule has 1 saturated heterocycles. The third kappa shape index (κ3) is 6.36. The van der Waals surface area contributed by atoms with Crippen LogP contribution >= 0.6 is 0 Å². The van der Waals surface area contributed by atoms with Crippen LogP contribution < -0.4 is 5.32 Å². The van der Waals surface area contributed by atoms with Gasteiger partial charge >= 0.3 is 0 Å². The number of nitrogens with zero attached hydrogens (tertiary/aromatic N) is 1. The summed E-state index contributed by atoms with van der Waals surface area (Å²) >= 11 is 0. The molecule has 4 nitrogen and oxygen atoms in total. The number of rotatable bonds is 5. The minimum absolute atomic E-state index is 0.163. The van der Waals surface area contributed by atoms with E-state index in [1.54, 1.807) is 0 Å². The second-order valence-electron chi connectivity index (χ2n) is 6.25. The predicted octanol–water partition coefficient (Wildman–Crippen LogP) is 0.848. The average molecular weight is 244 g/mol. The van der Waals surface area contributed by atoms with Crippen molar-refractivity contribution in [2.75, 3.05) is 39.9 Å². The molecule has 0 aliphatic carbocycles. The molecule has 1 aliphatic heterocycles. The van der Waals surface area contributed by atoms with Crippen molar-refractivity contribution in [3.05, 3.63) is 0 Å². The minimum atomic E-state index is -0.547. The molecule has 1 heterocycles.